The number of halogens is 1. The summed E-state index contributed by atoms with van der Waals surface area (Å²) in [5.74, 6) is 0.156. The zero-order valence-electron chi connectivity index (χ0n) is 14.5. The Bertz CT molecular complexity index is 767. The van der Waals surface area contributed by atoms with Gasteiger partial charge in [-0.25, -0.2) is 0 Å². The average molecular weight is 382 g/mol. The van der Waals surface area contributed by atoms with E-state index in [9.17, 15) is 9.59 Å². The number of amides is 2. The van der Waals surface area contributed by atoms with E-state index >= 15 is 0 Å². The first kappa shape index (κ1) is 19.7. The Labute approximate surface area is 158 Å². The number of aryl methyl sites for hydroxylation is 1. The Morgan fingerprint density at radius 2 is 1.76 bits per heavy atom. The van der Waals surface area contributed by atoms with E-state index < -0.39 is 0 Å². The van der Waals surface area contributed by atoms with Gasteiger partial charge in [-0.15, -0.1) is 23.7 Å². The fourth-order valence-corrected chi connectivity index (χ4v) is 4.26. The molecule has 136 valence electrons. The van der Waals surface area contributed by atoms with Crippen LogP contribution >= 0.6 is 23.7 Å². The molecule has 1 aliphatic heterocycles. The lowest BCUT2D eigenvalue weighted by atomic mass is 10.1. The van der Waals surface area contributed by atoms with E-state index in [1.165, 1.54) is 0 Å². The van der Waals surface area contributed by atoms with Crippen LogP contribution in [0.25, 0.3) is 10.1 Å². The molecule has 1 unspecified atom stereocenters. The van der Waals surface area contributed by atoms with Gasteiger partial charge in [-0.05, 0) is 30.9 Å². The molecule has 1 fully saturated rings. The monoisotopic (exact) mass is 381 g/mol. The van der Waals surface area contributed by atoms with Crippen molar-refractivity contribution in [2.45, 2.75) is 26.3 Å². The van der Waals surface area contributed by atoms with Crippen molar-refractivity contribution in [2.24, 2.45) is 5.73 Å². The molecular formula is C18H24ClN3O2S. The average Bonchev–Trinajstić information content (AvgIpc) is 2.91. The summed E-state index contributed by atoms with van der Waals surface area (Å²) >= 11 is 1.55. The summed E-state index contributed by atoms with van der Waals surface area (Å²) in [6, 6.07) is 7.98. The van der Waals surface area contributed by atoms with Crippen LogP contribution in [0.3, 0.4) is 0 Å². The van der Waals surface area contributed by atoms with Crippen LogP contribution in [0.2, 0.25) is 0 Å². The topological polar surface area (TPSA) is 66.6 Å². The zero-order valence-corrected chi connectivity index (χ0v) is 16.2. The fourth-order valence-electron chi connectivity index (χ4n) is 3.09. The minimum Gasteiger partial charge on any atom is -0.339 e. The maximum Gasteiger partial charge on any atom is 0.264 e. The first-order valence-electron chi connectivity index (χ1n) is 8.28. The van der Waals surface area contributed by atoms with Crippen LogP contribution < -0.4 is 5.73 Å². The Morgan fingerprint density at radius 1 is 1.16 bits per heavy atom. The molecule has 1 aromatic heterocycles. The van der Waals surface area contributed by atoms with Gasteiger partial charge in [-0.2, -0.15) is 0 Å². The van der Waals surface area contributed by atoms with Gasteiger partial charge in [0.1, 0.15) is 0 Å². The van der Waals surface area contributed by atoms with Crippen molar-refractivity contribution in [3.05, 3.63) is 34.7 Å². The van der Waals surface area contributed by atoms with Gasteiger partial charge in [0.25, 0.3) is 5.91 Å². The van der Waals surface area contributed by atoms with Crippen LogP contribution in [-0.4, -0.2) is 53.8 Å². The van der Waals surface area contributed by atoms with Gasteiger partial charge >= 0.3 is 0 Å². The molecule has 5 nitrogen and oxygen atoms in total. The Balaban J connectivity index is 0.00000225. The molecule has 0 saturated carbocycles. The highest BCUT2D eigenvalue weighted by Crippen LogP contribution is 2.31. The Morgan fingerprint density at radius 3 is 2.36 bits per heavy atom. The van der Waals surface area contributed by atoms with E-state index in [2.05, 4.69) is 6.07 Å². The third kappa shape index (κ3) is 4.14. The quantitative estimate of drug-likeness (QED) is 0.888. The molecule has 2 aromatic rings. The van der Waals surface area contributed by atoms with Gasteiger partial charge in [0.2, 0.25) is 5.91 Å². The predicted octanol–water partition coefficient (Wildman–Crippen LogP) is 2.65. The van der Waals surface area contributed by atoms with Crippen LogP contribution in [0.15, 0.2) is 24.3 Å². The highest BCUT2D eigenvalue weighted by atomic mass is 35.5. The smallest absolute Gasteiger partial charge is 0.264 e. The Hall–Kier alpha value is -1.63. The van der Waals surface area contributed by atoms with Crippen molar-refractivity contribution >= 4 is 45.6 Å². The largest absolute Gasteiger partial charge is 0.339 e. The summed E-state index contributed by atoms with van der Waals surface area (Å²) in [7, 11) is 0. The molecule has 1 aliphatic rings. The number of carbonyl (C=O) groups excluding carboxylic acids is 2. The maximum absolute atomic E-state index is 12.9. The van der Waals surface area contributed by atoms with Crippen molar-refractivity contribution < 1.29 is 9.59 Å². The van der Waals surface area contributed by atoms with Crippen LogP contribution in [-0.2, 0) is 4.79 Å². The lowest BCUT2D eigenvalue weighted by Crippen LogP contribution is -2.51. The number of hydrogen-bond acceptors (Lipinski definition) is 4. The van der Waals surface area contributed by atoms with Crippen molar-refractivity contribution in [3.63, 3.8) is 0 Å². The summed E-state index contributed by atoms with van der Waals surface area (Å²) in [6.45, 7) is 6.17. The van der Waals surface area contributed by atoms with Gasteiger partial charge in [-0.3, -0.25) is 9.59 Å². The van der Waals surface area contributed by atoms with Crippen molar-refractivity contribution in [1.82, 2.24) is 9.80 Å². The number of nitrogens with zero attached hydrogens (tertiary/aromatic N) is 2. The second-order valence-electron chi connectivity index (χ2n) is 6.41. The Kier molecular flexibility index (Phi) is 6.43. The van der Waals surface area contributed by atoms with Crippen LogP contribution in [0.5, 0.6) is 0 Å². The van der Waals surface area contributed by atoms with E-state index in [-0.39, 0.29) is 30.3 Å². The van der Waals surface area contributed by atoms with E-state index in [0.717, 1.165) is 20.5 Å². The summed E-state index contributed by atoms with van der Waals surface area (Å²) in [6.07, 6.45) is 0.364. The van der Waals surface area contributed by atoms with E-state index in [4.69, 9.17) is 5.73 Å². The summed E-state index contributed by atoms with van der Waals surface area (Å²) in [5.41, 5.74) is 6.75. The summed E-state index contributed by atoms with van der Waals surface area (Å²) in [4.78, 5) is 29.4. The molecule has 0 bridgehead atoms. The lowest BCUT2D eigenvalue weighted by molar-refractivity contribution is -0.132. The fraction of sp³-hybridized carbons (Fsp3) is 0.444. The molecule has 2 amide bonds. The lowest BCUT2D eigenvalue weighted by Gasteiger charge is -2.35. The van der Waals surface area contributed by atoms with Crippen LogP contribution in [0, 0.1) is 6.92 Å². The molecular weight excluding hydrogens is 358 g/mol. The van der Waals surface area contributed by atoms with Crippen molar-refractivity contribution in [1.29, 1.82) is 0 Å². The minimum absolute atomic E-state index is 0. The van der Waals surface area contributed by atoms with Gasteiger partial charge in [0.15, 0.2) is 0 Å². The van der Waals surface area contributed by atoms with Crippen molar-refractivity contribution in [2.75, 3.05) is 26.2 Å². The molecule has 7 heteroatoms. The molecule has 3 rings (SSSR count). The predicted molar refractivity (Wildman–Crippen MR) is 105 cm³/mol. The number of fused-ring (bicyclic) bond motifs is 1. The van der Waals surface area contributed by atoms with Gasteiger partial charge in [-0.1, -0.05) is 18.2 Å². The molecule has 1 aromatic carbocycles. The molecule has 2 N–H and O–H groups in total. The van der Waals surface area contributed by atoms with Gasteiger partial charge < -0.3 is 15.5 Å². The van der Waals surface area contributed by atoms with E-state index in [1.54, 1.807) is 11.3 Å². The summed E-state index contributed by atoms with van der Waals surface area (Å²) < 4.78 is 1.14. The standard InChI is InChI=1S/C18H23N3O2S.ClH/c1-12(19)11-16(22)20-7-9-21(10-8-20)18(23)17-13(2)14-5-3-4-6-15(14)24-17;/h3-6,12H,7-11,19H2,1-2H3;1H. The molecule has 2 heterocycles. The number of carbonyl (C=O) groups is 2. The number of benzene rings is 1. The SMILES string of the molecule is Cc1c(C(=O)N2CCN(C(=O)CC(C)N)CC2)sc2ccccc12.Cl. The van der Waals surface area contributed by atoms with Gasteiger partial charge in [0, 0.05) is 43.3 Å². The van der Waals surface area contributed by atoms with Crippen molar-refractivity contribution in [3.8, 4) is 0 Å². The number of thiophene rings is 1. The second-order valence-corrected chi connectivity index (χ2v) is 7.46. The molecule has 1 saturated heterocycles. The molecule has 0 aliphatic carbocycles. The third-order valence-corrected chi connectivity index (χ3v) is 5.71. The normalized spacial score (nSPS) is 15.8. The maximum atomic E-state index is 12.9. The third-order valence-electron chi connectivity index (χ3n) is 4.45. The highest BCUT2D eigenvalue weighted by molar-refractivity contribution is 7.21. The van der Waals surface area contributed by atoms with Crippen LogP contribution in [0.4, 0.5) is 0 Å². The zero-order chi connectivity index (χ0) is 17.3. The number of rotatable bonds is 3. The molecule has 0 radical (unpaired) electrons. The number of nitrogens with two attached hydrogens (primary N) is 1. The molecule has 0 spiro atoms. The number of hydrogen-bond donors (Lipinski definition) is 1. The summed E-state index contributed by atoms with van der Waals surface area (Å²) in [5, 5.41) is 1.15. The second kappa shape index (κ2) is 8.17. The molecule has 1 atom stereocenters. The van der Waals surface area contributed by atoms with E-state index in [1.807, 2.05) is 41.8 Å². The van der Waals surface area contributed by atoms with Gasteiger partial charge in [0.05, 0.1) is 4.88 Å². The number of piperazine rings is 1. The minimum atomic E-state index is -0.127. The van der Waals surface area contributed by atoms with E-state index in [0.29, 0.717) is 32.6 Å². The van der Waals surface area contributed by atoms with Crippen LogP contribution in [0.1, 0.15) is 28.6 Å². The highest BCUT2D eigenvalue weighted by Gasteiger charge is 2.27. The first-order valence-corrected chi connectivity index (χ1v) is 9.09. The first-order chi connectivity index (χ1) is 11.5. The molecule has 25 heavy (non-hydrogen) atoms.